The lowest BCUT2D eigenvalue weighted by atomic mass is 9.43. The van der Waals surface area contributed by atoms with E-state index >= 15 is 0 Å². The van der Waals surface area contributed by atoms with Gasteiger partial charge in [0, 0.05) is 0 Å². The van der Waals surface area contributed by atoms with Gasteiger partial charge in [-0.2, -0.15) is 0 Å². The fraction of sp³-hybridized carbons (Fsp3) is 1.00. The highest BCUT2D eigenvalue weighted by Crippen LogP contribution is 2.68. The Morgan fingerprint density at radius 1 is 0.833 bits per heavy atom. The third-order valence-corrected chi connectivity index (χ3v) is 10.9. The summed E-state index contributed by atoms with van der Waals surface area (Å²) in [5.74, 6) is 2.59. The zero-order valence-corrected chi connectivity index (χ0v) is 20.1. The summed E-state index contributed by atoms with van der Waals surface area (Å²) in [7, 11) is 0. The van der Waals surface area contributed by atoms with Crippen LogP contribution in [0.25, 0.3) is 0 Å². The molecule has 10 atom stereocenters. The molecular weight excluding hydrogens is 372 g/mol. The van der Waals surface area contributed by atoms with Gasteiger partial charge in [-0.3, -0.25) is 0 Å². The predicted molar refractivity (Wildman–Crippen MR) is 122 cm³/mol. The van der Waals surface area contributed by atoms with Gasteiger partial charge in [-0.15, -0.1) is 0 Å². The van der Waals surface area contributed by atoms with Crippen LogP contribution in [0, 0.1) is 40.4 Å². The number of hydrogen-bond donors (Lipinski definition) is 3. The molecule has 6 unspecified atom stereocenters. The molecule has 30 heavy (non-hydrogen) atoms. The van der Waals surface area contributed by atoms with Crippen molar-refractivity contribution in [3.63, 3.8) is 0 Å². The van der Waals surface area contributed by atoms with Crippen molar-refractivity contribution in [3.05, 3.63) is 0 Å². The normalized spacial score (nSPS) is 50.3. The monoisotopic (exact) mass is 420 g/mol. The molecule has 0 bridgehead atoms. The molecule has 3 heteroatoms. The van der Waals surface area contributed by atoms with E-state index in [1.165, 1.54) is 38.5 Å². The lowest BCUT2D eigenvalue weighted by Gasteiger charge is -2.62. The van der Waals surface area contributed by atoms with E-state index < -0.39 is 5.60 Å². The molecule has 0 aromatic rings. The van der Waals surface area contributed by atoms with E-state index in [4.69, 9.17) is 0 Å². The summed E-state index contributed by atoms with van der Waals surface area (Å²) >= 11 is 0. The molecule has 0 aliphatic heterocycles. The Kier molecular flexibility index (Phi) is 6.41. The largest absolute Gasteiger partial charge is 0.393 e. The van der Waals surface area contributed by atoms with Crippen LogP contribution in [0.5, 0.6) is 0 Å². The Bertz CT molecular complexity index is 603. The van der Waals surface area contributed by atoms with E-state index in [1.807, 2.05) is 0 Å². The first kappa shape index (κ1) is 23.1. The molecule has 4 saturated carbocycles. The third kappa shape index (κ3) is 3.69. The van der Waals surface area contributed by atoms with Crippen molar-refractivity contribution in [2.75, 3.05) is 0 Å². The number of rotatable bonds is 6. The predicted octanol–water partition coefficient (Wildman–Crippen LogP) is 5.70. The average Bonchev–Trinajstić information content (AvgIpc) is 3.05. The van der Waals surface area contributed by atoms with E-state index in [1.54, 1.807) is 0 Å². The molecule has 174 valence electrons. The van der Waals surface area contributed by atoms with Crippen LogP contribution in [-0.2, 0) is 0 Å². The number of unbranched alkanes of at least 4 members (excludes halogenated alkanes) is 3. The fourth-order valence-corrected chi connectivity index (χ4v) is 9.38. The van der Waals surface area contributed by atoms with E-state index in [-0.39, 0.29) is 29.0 Å². The quantitative estimate of drug-likeness (QED) is 0.483. The maximum absolute atomic E-state index is 11.6. The molecule has 4 fully saturated rings. The van der Waals surface area contributed by atoms with Crippen molar-refractivity contribution in [2.45, 2.75) is 129 Å². The second kappa shape index (κ2) is 8.34. The minimum atomic E-state index is -0.557. The van der Waals surface area contributed by atoms with E-state index in [2.05, 4.69) is 27.7 Å². The lowest BCUT2D eigenvalue weighted by Crippen LogP contribution is -2.59. The van der Waals surface area contributed by atoms with Crippen molar-refractivity contribution < 1.29 is 15.3 Å². The second-order valence-corrected chi connectivity index (χ2v) is 12.6. The lowest BCUT2D eigenvalue weighted by molar-refractivity contribution is -0.179. The van der Waals surface area contributed by atoms with Crippen LogP contribution in [0.2, 0.25) is 0 Å². The van der Waals surface area contributed by atoms with Gasteiger partial charge in [0.1, 0.15) is 0 Å². The second-order valence-electron chi connectivity index (χ2n) is 12.6. The Hall–Kier alpha value is -0.120. The molecular formula is C27H48O3. The molecule has 3 N–H and O–H groups in total. The minimum absolute atomic E-state index is 0.184. The van der Waals surface area contributed by atoms with Crippen molar-refractivity contribution >= 4 is 0 Å². The van der Waals surface area contributed by atoms with Crippen molar-refractivity contribution in [1.29, 1.82) is 0 Å². The SMILES string of the molecule is CCCCCC[C@](C)(O)C1CCC2C3C[C@H](O)C4CC(O)CC[C@]4(C)[C@H]3CCC21C. The van der Waals surface area contributed by atoms with Gasteiger partial charge in [0.15, 0.2) is 0 Å². The highest BCUT2D eigenvalue weighted by Gasteiger charge is 2.63. The molecule has 0 amide bonds. The molecule has 4 aliphatic carbocycles. The molecule has 0 radical (unpaired) electrons. The standard InChI is InChI=1S/C27H48O3/c1-5-6-7-8-13-27(4,30)24-10-9-20-19-17-23(29)22-16-18(28)11-14-25(22,2)21(19)12-15-26(20,24)3/h18-24,28-30H,5-17H2,1-4H3/t18?,19?,20?,21-,22?,23-,24?,25+,26?,27-/m0/s1. The number of hydrogen-bond acceptors (Lipinski definition) is 3. The Labute approximate surface area is 185 Å². The molecule has 0 aromatic heterocycles. The van der Waals surface area contributed by atoms with Crippen LogP contribution in [0.3, 0.4) is 0 Å². The van der Waals surface area contributed by atoms with Crippen LogP contribution in [0.15, 0.2) is 0 Å². The van der Waals surface area contributed by atoms with Gasteiger partial charge in [0.05, 0.1) is 17.8 Å². The molecule has 0 heterocycles. The van der Waals surface area contributed by atoms with Gasteiger partial charge in [-0.1, -0.05) is 46.5 Å². The third-order valence-electron chi connectivity index (χ3n) is 10.9. The van der Waals surface area contributed by atoms with Gasteiger partial charge in [0.2, 0.25) is 0 Å². The first-order chi connectivity index (χ1) is 14.1. The molecule has 0 aromatic carbocycles. The van der Waals surface area contributed by atoms with Crippen LogP contribution in [0.1, 0.15) is 111 Å². The van der Waals surface area contributed by atoms with Gasteiger partial charge in [-0.25, -0.2) is 0 Å². The molecule has 0 saturated heterocycles. The van der Waals surface area contributed by atoms with Crippen LogP contribution in [-0.4, -0.2) is 33.1 Å². The maximum Gasteiger partial charge on any atom is 0.0653 e. The highest BCUT2D eigenvalue weighted by atomic mass is 16.3. The molecule has 0 spiro atoms. The summed E-state index contributed by atoms with van der Waals surface area (Å²) < 4.78 is 0. The number of aliphatic hydroxyl groups excluding tert-OH is 2. The smallest absolute Gasteiger partial charge is 0.0653 e. The van der Waals surface area contributed by atoms with Crippen LogP contribution < -0.4 is 0 Å². The number of fused-ring (bicyclic) bond motifs is 5. The molecule has 4 aliphatic rings. The van der Waals surface area contributed by atoms with Gasteiger partial charge >= 0.3 is 0 Å². The summed E-state index contributed by atoms with van der Waals surface area (Å²) in [5, 5.41) is 33.0. The average molecular weight is 421 g/mol. The Balaban J connectivity index is 1.52. The summed E-state index contributed by atoms with van der Waals surface area (Å²) in [6, 6.07) is 0. The summed E-state index contributed by atoms with van der Waals surface area (Å²) in [5.41, 5.74) is -0.158. The van der Waals surface area contributed by atoms with Gasteiger partial charge < -0.3 is 15.3 Å². The molecule has 3 nitrogen and oxygen atoms in total. The zero-order chi connectivity index (χ0) is 21.7. The van der Waals surface area contributed by atoms with Crippen molar-refractivity contribution in [1.82, 2.24) is 0 Å². The highest BCUT2D eigenvalue weighted by molar-refractivity contribution is 5.13. The van der Waals surface area contributed by atoms with E-state index in [0.717, 1.165) is 44.9 Å². The fourth-order valence-electron chi connectivity index (χ4n) is 9.38. The molecule has 4 rings (SSSR count). The van der Waals surface area contributed by atoms with E-state index in [0.29, 0.717) is 23.7 Å². The van der Waals surface area contributed by atoms with Crippen molar-refractivity contribution in [2.24, 2.45) is 40.4 Å². The van der Waals surface area contributed by atoms with Crippen LogP contribution >= 0.6 is 0 Å². The van der Waals surface area contributed by atoms with Gasteiger partial charge in [-0.05, 0) is 105 Å². The topological polar surface area (TPSA) is 60.7 Å². The first-order valence-electron chi connectivity index (χ1n) is 13.2. The van der Waals surface area contributed by atoms with Crippen molar-refractivity contribution in [3.8, 4) is 0 Å². The van der Waals surface area contributed by atoms with Crippen LogP contribution in [0.4, 0.5) is 0 Å². The Morgan fingerprint density at radius 2 is 1.53 bits per heavy atom. The van der Waals surface area contributed by atoms with Gasteiger partial charge in [0.25, 0.3) is 0 Å². The zero-order valence-electron chi connectivity index (χ0n) is 20.1. The Morgan fingerprint density at radius 3 is 2.27 bits per heavy atom. The summed E-state index contributed by atoms with van der Waals surface area (Å²) in [6.45, 7) is 9.29. The minimum Gasteiger partial charge on any atom is -0.393 e. The summed E-state index contributed by atoms with van der Waals surface area (Å²) in [4.78, 5) is 0. The summed E-state index contributed by atoms with van der Waals surface area (Å²) in [6.07, 6.45) is 13.9. The van der Waals surface area contributed by atoms with E-state index in [9.17, 15) is 15.3 Å². The maximum atomic E-state index is 11.6. The number of aliphatic hydroxyl groups is 3. The first-order valence-corrected chi connectivity index (χ1v) is 13.2.